The molecule has 1 fully saturated rings. The number of amides is 1. The molecule has 3 heterocycles. The van der Waals surface area contributed by atoms with Gasteiger partial charge in [0.2, 0.25) is 17.5 Å². The van der Waals surface area contributed by atoms with Crippen molar-refractivity contribution in [2.75, 3.05) is 18.1 Å². The molecule has 0 aliphatic carbocycles. The number of hydrogen-bond acceptors (Lipinski definition) is 6. The van der Waals surface area contributed by atoms with Gasteiger partial charge in [0.25, 0.3) is 0 Å². The summed E-state index contributed by atoms with van der Waals surface area (Å²) < 4.78 is 76.6. The van der Waals surface area contributed by atoms with Crippen LogP contribution < -0.4 is 10.2 Å². The first-order valence-corrected chi connectivity index (χ1v) is 12.3. The fourth-order valence-corrected chi connectivity index (χ4v) is 5.11. The highest BCUT2D eigenvalue weighted by molar-refractivity contribution is 6.35. The average Bonchev–Trinajstić information content (AvgIpc) is 3.41. The van der Waals surface area contributed by atoms with Gasteiger partial charge in [0, 0.05) is 31.6 Å². The zero-order valence-corrected chi connectivity index (χ0v) is 21.7. The lowest BCUT2D eigenvalue weighted by atomic mass is 9.81. The van der Waals surface area contributed by atoms with E-state index in [1.807, 2.05) is 0 Å². The van der Waals surface area contributed by atoms with E-state index in [0.717, 1.165) is 12.1 Å². The molecule has 0 spiro atoms. The Balaban J connectivity index is 1.61. The highest BCUT2D eigenvalue weighted by Gasteiger charge is 2.41. The summed E-state index contributed by atoms with van der Waals surface area (Å²) in [4.78, 5) is 24.6. The van der Waals surface area contributed by atoms with Gasteiger partial charge < -0.3 is 14.5 Å². The number of piperidine rings is 1. The first kappa shape index (κ1) is 28.8. The molecule has 1 unspecified atom stereocenters. The summed E-state index contributed by atoms with van der Waals surface area (Å²) >= 11 is 12.5. The molecule has 210 valence electrons. The number of nitrogens with zero attached hydrogens (tertiary/aromatic N) is 3. The molecule has 1 amide bonds. The van der Waals surface area contributed by atoms with Gasteiger partial charge in [0.1, 0.15) is 0 Å². The lowest BCUT2D eigenvalue weighted by Crippen LogP contribution is -2.53. The molecule has 1 aliphatic rings. The summed E-state index contributed by atoms with van der Waals surface area (Å²) in [6.07, 6.45) is -3.03. The minimum Gasteiger partial charge on any atom is -0.459 e. The number of aryl methyl sites for hydroxylation is 1. The fraction of sp³-hybridized carbons (Fsp3) is 0.375. The average molecular weight is 595 g/mol. The van der Waals surface area contributed by atoms with Crippen LogP contribution in [0.3, 0.4) is 0 Å². The number of furan rings is 1. The summed E-state index contributed by atoms with van der Waals surface area (Å²) in [5, 5.41) is 7.38. The van der Waals surface area contributed by atoms with Gasteiger partial charge >= 0.3 is 12.1 Å². The van der Waals surface area contributed by atoms with Crippen LogP contribution in [0.2, 0.25) is 10.2 Å². The highest BCUT2D eigenvalue weighted by Crippen LogP contribution is 2.41. The zero-order valence-electron chi connectivity index (χ0n) is 20.1. The molecular formula is C24H21Cl2F5N4O4. The Morgan fingerprint density at radius 1 is 1.28 bits per heavy atom. The lowest BCUT2D eigenvalue weighted by molar-refractivity contribution is -0.199. The van der Waals surface area contributed by atoms with E-state index in [-0.39, 0.29) is 35.5 Å². The van der Waals surface area contributed by atoms with Crippen molar-refractivity contribution in [1.29, 1.82) is 0 Å². The second-order valence-corrected chi connectivity index (χ2v) is 9.61. The molecule has 8 nitrogen and oxygen atoms in total. The third-order valence-corrected chi connectivity index (χ3v) is 7.03. The molecule has 3 atom stereocenters. The number of halogens is 7. The van der Waals surface area contributed by atoms with Crippen molar-refractivity contribution in [3.05, 3.63) is 57.9 Å². The van der Waals surface area contributed by atoms with E-state index in [1.54, 1.807) is 7.05 Å². The standard InChI is InChI=1S/C24H21Cl2F5N4O4/c1-34-21(16(25)9-33-34)15-8-20(39-22(15)26)35(11-36)19-10-32-13(4-5-38-23(37)24(29,30)31)7-14(19)12-2-3-17(27)18(28)6-12/h2-3,6,8-9,11,13-14,19,32H,4-5,7,10H2,1H3/t13?,14-,19+/m0/s1. The number of anilines is 1. The quantitative estimate of drug-likeness (QED) is 0.218. The van der Waals surface area contributed by atoms with Gasteiger partial charge in [0.05, 0.1) is 35.1 Å². The molecule has 1 aliphatic heterocycles. The monoisotopic (exact) mass is 594 g/mol. The van der Waals surface area contributed by atoms with Crippen LogP contribution in [0.15, 0.2) is 34.9 Å². The van der Waals surface area contributed by atoms with Gasteiger partial charge in [-0.1, -0.05) is 17.7 Å². The number of rotatable bonds is 8. The van der Waals surface area contributed by atoms with Gasteiger partial charge in [0.15, 0.2) is 11.6 Å². The van der Waals surface area contributed by atoms with E-state index in [4.69, 9.17) is 27.6 Å². The Bertz CT molecular complexity index is 1340. The Kier molecular flexibility index (Phi) is 8.52. The molecule has 3 aromatic rings. The van der Waals surface area contributed by atoms with Gasteiger partial charge in [-0.15, -0.1) is 0 Å². The van der Waals surface area contributed by atoms with E-state index in [2.05, 4.69) is 15.2 Å². The SMILES string of the molecule is Cn1ncc(Cl)c1-c1cc(N(C=O)[C@@H]2CNC(CCOC(=O)C(F)(F)F)C[C@H]2c2ccc(F)c(F)c2)oc1Cl. The van der Waals surface area contributed by atoms with Crippen LogP contribution in [0.1, 0.15) is 24.3 Å². The molecule has 2 aromatic heterocycles. The van der Waals surface area contributed by atoms with E-state index < -0.39 is 48.4 Å². The Morgan fingerprint density at radius 2 is 2.03 bits per heavy atom. The van der Waals surface area contributed by atoms with Crippen LogP contribution in [0.4, 0.5) is 27.8 Å². The molecule has 0 bridgehead atoms. The number of esters is 1. The topological polar surface area (TPSA) is 89.6 Å². The van der Waals surface area contributed by atoms with Gasteiger partial charge in [-0.2, -0.15) is 18.3 Å². The van der Waals surface area contributed by atoms with E-state index in [1.165, 1.54) is 27.9 Å². The first-order chi connectivity index (χ1) is 18.4. The Hall–Kier alpha value is -3.16. The van der Waals surface area contributed by atoms with Crippen molar-refractivity contribution in [3.8, 4) is 11.3 Å². The summed E-state index contributed by atoms with van der Waals surface area (Å²) in [5.41, 5.74) is 1.15. The summed E-state index contributed by atoms with van der Waals surface area (Å²) in [6, 6.07) is 3.61. The molecule has 15 heteroatoms. The maximum Gasteiger partial charge on any atom is 0.490 e. The van der Waals surface area contributed by atoms with Crippen molar-refractivity contribution in [2.45, 2.75) is 37.0 Å². The van der Waals surface area contributed by atoms with E-state index in [9.17, 15) is 31.5 Å². The van der Waals surface area contributed by atoms with Crippen LogP contribution in [-0.4, -0.2) is 53.6 Å². The van der Waals surface area contributed by atoms with E-state index >= 15 is 0 Å². The second kappa shape index (κ2) is 11.5. The van der Waals surface area contributed by atoms with Crippen molar-refractivity contribution in [3.63, 3.8) is 0 Å². The molecule has 0 saturated carbocycles. The van der Waals surface area contributed by atoms with Crippen molar-refractivity contribution in [1.82, 2.24) is 15.1 Å². The molecular weight excluding hydrogens is 574 g/mol. The van der Waals surface area contributed by atoms with Crippen LogP contribution in [0.5, 0.6) is 0 Å². The van der Waals surface area contributed by atoms with Crippen molar-refractivity contribution in [2.24, 2.45) is 7.05 Å². The first-order valence-electron chi connectivity index (χ1n) is 11.5. The third-order valence-electron chi connectivity index (χ3n) is 6.47. The number of ether oxygens (including phenoxy) is 1. The third kappa shape index (κ3) is 6.20. The number of benzene rings is 1. The normalized spacial score (nSPS) is 19.6. The van der Waals surface area contributed by atoms with Crippen LogP contribution >= 0.6 is 23.2 Å². The van der Waals surface area contributed by atoms with E-state index in [0.29, 0.717) is 23.2 Å². The molecule has 4 rings (SSSR count). The molecule has 1 N–H and O–H groups in total. The molecule has 1 aromatic carbocycles. The smallest absolute Gasteiger partial charge is 0.459 e. The molecule has 39 heavy (non-hydrogen) atoms. The van der Waals surface area contributed by atoms with Crippen molar-refractivity contribution < 1.29 is 40.7 Å². The largest absolute Gasteiger partial charge is 0.490 e. The zero-order chi connectivity index (χ0) is 28.5. The Labute approximate surface area is 228 Å². The molecule has 1 saturated heterocycles. The number of nitrogens with one attached hydrogen (secondary N) is 1. The van der Waals surface area contributed by atoms with Gasteiger partial charge in [-0.25, -0.2) is 13.6 Å². The van der Waals surface area contributed by atoms with Gasteiger partial charge in [-0.3, -0.25) is 14.4 Å². The van der Waals surface area contributed by atoms with Crippen LogP contribution in [0, 0.1) is 11.6 Å². The van der Waals surface area contributed by atoms with Crippen molar-refractivity contribution >= 4 is 41.5 Å². The number of carbonyl (C=O) groups excluding carboxylic acids is 2. The number of aromatic nitrogens is 2. The summed E-state index contributed by atoms with van der Waals surface area (Å²) in [5.74, 6) is -5.06. The molecule has 0 radical (unpaired) electrons. The summed E-state index contributed by atoms with van der Waals surface area (Å²) in [6.45, 7) is -0.439. The summed E-state index contributed by atoms with van der Waals surface area (Å²) in [7, 11) is 1.64. The van der Waals surface area contributed by atoms with Gasteiger partial charge in [-0.05, 0) is 42.1 Å². The minimum absolute atomic E-state index is 0.00548. The predicted octanol–water partition coefficient (Wildman–Crippen LogP) is 5.24. The van der Waals surface area contributed by atoms with Crippen LogP contribution in [-0.2, 0) is 21.4 Å². The number of alkyl halides is 3. The van der Waals surface area contributed by atoms with Crippen LogP contribution in [0.25, 0.3) is 11.3 Å². The number of carbonyl (C=O) groups is 2. The number of hydrogen-bond donors (Lipinski definition) is 1. The Morgan fingerprint density at radius 3 is 2.64 bits per heavy atom. The maximum atomic E-state index is 14.2. The second-order valence-electron chi connectivity index (χ2n) is 8.86. The fourth-order valence-electron chi connectivity index (χ4n) is 4.62. The minimum atomic E-state index is -5.12. The highest BCUT2D eigenvalue weighted by atomic mass is 35.5. The predicted molar refractivity (Wildman–Crippen MR) is 130 cm³/mol. The maximum absolute atomic E-state index is 14.2. The lowest BCUT2D eigenvalue weighted by Gasteiger charge is -2.41.